The van der Waals surface area contributed by atoms with Crippen LogP contribution in [0.1, 0.15) is 32.2 Å². The van der Waals surface area contributed by atoms with Crippen LogP contribution < -0.4 is 4.72 Å². The Labute approximate surface area is 172 Å². The van der Waals surface area contributed by atoms with Gasteiger partial charge in [0, 0.05) is 17.5 Å². The van der Waals surface area contributed by atoms with Crippen LogP contribution in [0.4, 0.5) is 13.2 Å². The van der Waals surface area contributed by atoms with Crippen molar-refractivity contribution >= 4 is 31.2 Å². The van der Waals surface area contributed by atoms with Gasteiger partial charge in [-0.05, 0) is 32.9 Å². The Balaban J connectivity index is 2.12. The summed E-state index contributed by atoms with van der Waals surface area (Å²) in [4.78, 5) is 4.12. The minimum absolute atomic E-state index is 0.172. The third kappa shape index (κ3) is 6.49. The van der Waals surface area contributed by atoms with Crippen molar-refractivity contribution in [3.8, 4) is 11.3 Å². The summed E-state index contributed by atoms with van der Waals surface area (Å²) in [5, 5.41) is 2.08. The van der Waals surface area contributed by atoms with Crippen LogP contribution in [-0.2, 0) is 25.6 Å². The van der Waals surface area contributed by atoms with Crippen LogP contribution in [0.5, 0.6) is 0 Å². The van der Waals surface area contributed by atoms with Crippen LogP contribution >= 0.6 is 11.3 Å². The predicted octanol–water partition coefficient (Wildman–Crippen LogP) is 3.75. The highest BCUT2D eigenvalue weighted by Gasteiger charge is 2.30. The molecule has 0 atom stereocenters. The van der Waals surface area contributed by atoms with Gasteiger partial charge in [-0.2, -0.15) is 13.2 Å². The molecular formula is C17H21F3N2O4S3. The highest BCUT2D eigenvalue weighted by atomic mass is 32.2. The zero-order valence-electron chi connectivity index (χ0n) is 15.9. The van der Waals surface area contributed by atoms with Gasteiger partial charge in [-0.15, -0.1) is 11.3 Å². The fraction of sp³-hybridized carbons (Fsp3) is 0.471. The van der Waals surface area contributed by atoms with Gasteiger partial charge in [-0.3, -0.25) is 0 Å². The maximum absolute atomic E-state index is 12.3. The quantitative estimate of drug-likeness (QED) is 0.665. The van der Waals surface area contributed by atoms with E-state index in [9.17, 15) is 30.0 Å². The number of sulfonamides is 1. The number of thiazole rings is 1. The van der Waals surface area contributed by atoms with Gasteiger partial charge in [0.25, 0.3) is 0 Å². The van der Waals surface area contributed by atoms with Crippen LogP contribution in [-0.4, -0.2) is 39.3 Å². The van der Waals surface area contributed by atoms with E-state index in [1.807, 2.05) is 4.72 Å². The smallest absolute Gasteiger partial charge is 0.240 e. The molecule has 0 aliphatic heterocycles. The number of hydrogen-bond acceptors (Lipinski definition) is 6. The normalized spacial score (nSPS) is 13.6. The molecule has 1 aromatic carbocycles. The van der Waals surface area contributed by atoms with Gasteiger partial charge in [-0.1, -0.05) is 12.1 Å². The lowest BCUT2D eigenvalue weighted by Gasteiger charge is -2.17. The number of rotatable bonds is 7. The van der Waals surface area contributed by atoms with Crippen LogP contribution in [0.25, 0.3) is 11.3 Å². The van der Waals surface area contributed by atoms with Crippen molar-refractivity contribution in [1.29, 1.82) is 0 Å². The van der Waals surface area contributed by atoms with Gasteiger partial charge < -0.3 is 0 Å². The van der Waals surface area contributed by atoms with Gasteiger partial charge in [0.2, 0.25) is 10.0 Å². The summed E-state index contributed by atoms with van der Waals surface area (Å²) in [7, 11) is -7.45. The average molecular weight is 471 g/mol. The molecule has 0 saturated carbocycles. The Kier molecular flexibility index (Phi) is 6.82. The van der Waals surface area contributed by atoms with E-state index in [1.54, 1.807) is 26.2 Å². The summed E-state index contributed by atoms with van der Waals surface area (Å²) >= 11 is 1.18. The van der Waals surface area contributed by atoms with E-state index in [4.69, 9.17) is 0 Å². The van der Waals surface area contributed by atoms with Gasteiger partial charge in [0.1, 0.15) is 10.8 Å². The van der Waals surface area contributed by atoms with E-state index in [0.717, 1.165) is 0 Å². The van der Waals surface area contributed by atoms with E-state index in [2.05, 4.69) is 4.98 Å². The summed E-state index contributed by atoms with van der Waals surface area (Å²) in [6, 6.07) is 5.46. The molecule has 162 valence electrons. The van der Waals surface area contributed by atoms with Crippen molar-refractivity contribution in [3.05, 3.63) is 34.7 Å². The number of alkyl halides is 3. The highest BCUT2D eigenvalue weighted by Crippen LogP contribution is 2.27. The zero-order chi connectivity index (χ0) is 22.1. The number of halogens is 3. The summed E-state index contributed by atoms with van der Waals surface area (Å²) in [5.41, 5.74) is 1.05. The van der Waals surface area contributed by atoms with Gasteiger partial charge >= 0.3 is 6.18 Å². The number of benzene rings is 1. The number of hydrogen-bond donors (Lipinski definition) is 1. The van der Waals surface area contributed by atoms with Gasteiger partial charge in [-0.25, -0.2) is 26.5 Å². The molecule has 0 bridgehead atoms. The van der Waals surface area contributed by atoms with Gasteiger partial charge in [0.15, 0.2) is 9.84 Å². The van der Waals surface area contributed by atoms with Crippen molar-refractivity contribution in [1.82, 2.24) is 9.71 Å². The standard InChI is InChI=1S/C17H21F3N2O4S3/c1-16(2,3)28(23,24)11-15-22-14(10-27-15)12-4-6-13(7-5-12)29(25,26)21-9-8-17(18,19)20/h4-7,10,21H,8-9,11H2,1-3H3. The third-order valence-corrected chi connectivity index (χ3v) is 8.99. The van der Waals surface area contributed by atoms with Crippen LogP contribution in [0, 0.1) is 0 Å². The van der Waals surface area contributed by atoms with Crippen LogP contribution in [0.3, 0.4) is 0 Å². The highest BCUT2D eigenvalue weighted by molar-refractivity contribution is 7.92. The first kappa shape index (κ1) is 23.8. The number of nitrogens with one attached hydrogen (secondary N) is 1. The average Bonchev–Trinajstić information content (AvgIpc) is 3.00. The molecule has 29 heavy (non-hydrogen) atoms. The minimum Gasteiger partial charge on any atom is -0.240 e. The summed E-state index contributed by atoms with van der Waals surface area (Å²) < 4.78 is 86.2. The van der Waals surface area contributed by atoms with E-state index < -0.39 is 43.7 Å². The molecule has 1 aromatic heterocycles. The molecule has 0 spiro atoms. The summed E-state index contributed by atoms with van der Waals surface area (Å²) in [6.45, 7) is 4.08. The lowest BCUT2D eigenvalue weighted by Crippen LogP contribution is -2.29. The molecule has 0 fully saturated rings. The number of nitrogens with zero attached hydrogens (tertiary/aromatic N) is 1. The Morgan fingerprint density at radius 3 is 2.14 bits per heavy atom. The molecule has 2 aromatic rings. The lowest BCUT2D eigenvalue weighted by atomic mass is 10.2. The fourth-order valence-electron chi connectivity index (χ4n) is 2.10. The second kappa shape index (κ2) is 8.32. The van der Waals surface area contributed by atoms with Crippen molar-refractivity contribution < 1.29 is 30.0 Å². The van der Waals surface area contributed by atoms with Crippen molar-refractivity contribution in [2.24, 2.45) is 0 Å². The topological polar surface area (TPSA) is 93.2 Å². The maximum atomic E-state index is 12.3. The minimum atomic E-state index is -4.45. The molecule has 0 unspecified atom stereocenters. The monoisotopic (exact) mass is 470 g/mol. The Morgan fingerprint density at radius 2 is 1.62 bits per heavy atom. The molecule has 0 amide bonds. The Morgan fingerprint density at radius 1 is 1.03 bits per heavy atom. The summed E-state index contributed by atoms with van der Waals surface area (Å²) in [5.74, 6) is -0.198. The molecule has 6 nitrogen and oxygen atoms in total. The predicted molar refractivity (Wildman–Crippen MR) is 106 cm³/mol. The van der Waals surface area contributed by atoms with Crippen molar-refractivity contribution in [3.63, 3.8) is 0 Å². The SMILES string of the molecule is CC(C)(C)S(=O)(=O)Cc1nc(-c2ccc(S(=O)(=O)NCCC(F)(F)F)cc2)cs1. The number of sulfone groups is 1. The molecular weight excluding hydrogens is 449 g/mol. The second-order valence-corrected chi connectivity index (χ2v) is 12.7. The molecule has 1 N–H and O–H groups in total. The number of aromatic nitrogens is 1. The van der Waals surface area contributed by atoms with Crippen molar-refractivity contribution in [2.75, 3.05) is 6.54 Å². The zero-order valence-corrected chi connectivity index (χ0v) is 18.4. The Hall–Kier alpha value is -1.50. The van der Waals surface area contributed by atoms with E-state index in [0.29, 0.717) is 16.3 Å². The maximum Gasteiger partial charge on any atom is 0.390 e. The molecule has 0 radical (unpaired) electrons. The fourth-order valence-corrected chi connectivity index (χ4v) is 5.28. The lowest BCUT2D eigenvalue weighted by molar-refractivity contribution is -0.132. The van der Waals surface area contributed by atoms with Crippen molar-refractivity contribution in [2.45, 2.75) is 48.8 Å². The molecule has 2 rings (SSSR count). The molecule has 0 aliphatic carbocycles. The first-order valence-electron chi connectivity index (χ1n) is 8.44. The van der Waals surface area contributed by atoms with E-state index in [-0.39, 0.29) is 10.6 Å². The second-order valence-electron chi connectivity index (χ2n) is 7.29. The largest absolute Gasteiger partial charge is 0.390 e. The summed E-state index contributed by atoms with van der Waals surface area (Å²) in [6.07, 6.45) is -5.71. The first-order chi connectivity index (χ1) is 13.1. The first-order valence-corrected chi connectivity index (χ1v) is 12.5. The molecule has 12 heteroatoms. The van der Waals surface area contributed by atoms with E-state index >= 15 is 0 Å². The Bertz CT molecular complexity index is 1050. The van der Waals surface area contributed by atoms with E-state index in [1.165, 1.54) is 35.6 Å². The van der Waals surface area contributed by atoms with Crippen LogP contribution in [0.15, 0.2) is 34.5 Å². The molecule has 0 aliphatic rings. The molecule has 0 saturated heterocycles. The van der Waals surface area contributed by atoms with Gasteiger partial charge in [0.05, 0.1) is 21.8 Å². The molecule has 1 heterocycles. The van der Waals surface area contributed by atoms with Crippen LogP contribution in [0.2, 0.25) is 0 Å². The third-order valence-electron chi connectivity index (χ3n) is 3.96.